The zero-order chi connectivity index (χ0) is 14.1. The lowest BCUT2D eigenvalue weighted by atomic mass is 10.1. The number of halogens is 1. The Hall–Kier alpha value is -0.880. The van der Waals surface area contributed by atoms with Gasteiger partial charge in [0, 0.05) is 5.54 Å². The van der Waals surface area contributed by atoms with Gasteiger partial charge in [0.25, 0.3) is 5.91 Å². The molecule has 1 amide bonds. The van der Waals surface area contributed by atoms with Crippen LogP contribution in [-0.4, -0.2) is 34.0 Å². The van der Waals surface area contributed by atoms with Gasteiger partial charge in [0.1, 0.15) is 6.54 Å². The third-order valence-corrected chi connectivity index (χ3v) is 4.54. The lowest BCUT2D eigenvalue weighted by Crippen LogP contribution is -2.48. The normalized spacial score (nSPS) is 11.4. The maximum absolute atomic E-state index is 12.3. The van der Waals surface area contributed by atoms with E-state index in [4.69, 9.17) is 5.11 Å². The number of carbonyl (C=O) groups is 2. The van der Waals surface area contributed by atoms with Gasteiger partial charge in [0.2, 0.25) is 0 Å². The van der Waals surface area contributed by atoms with Gasteiger partial charge in [-0.25, -0.2) is 0 Å². The van der Waals surface area contributed by atoms with E-state index >= 15 is 0 Å². The van der Waals surface area contributed by atoms with Crippen molar-refractivity contribution in [3.05, 3.63) is 20.3 Å². The number of carbonyl (C=O) groups excluding carboxylic acids is 1. The van der Waals surface area contributed by atoms with Crippen LogP contribution in [0.5, 0.6) is 0 Å². The van der Waals surface area contributed by atoms with Crippen LogP contribution in [0.3, 0.4) is 0 Å². The summed E-state index contributed by atoms with van der Waals surface area (Å²) in [5, 5.41) is 8.90. The first kappa shape index (κ1) is 15.2. The molecule has 0 radical (unpaired) electrons. The van der Waals surface area contributed by atoms with Gasteiger partial charge in [-0.2, -0.15) is 0 Å². The lowest BCUT2D eigenvalue weighted by Gasteiger charge is -2.34. The quantitative estimate of drug-likeness (QED) is 0.924. The standard InChI is InChI=1S/C12H16BrNO3S/c1-7-5-8(18-10(7)13)11(17)14(6-9(15)16)12(2,3)4/h5H,6H2,1-4H3,(H,15,16). The molecule has 0 aliphatic heterocycles. The first-order valence-corrected chi connectivity index (χ1v) is 7.03. The van der Waals surface area contributed by atoms with E-state index < -0.39 is 11.5 Å². The number of hydrogen-bond donors (Lipinski definition) is 1. The molecular formula is C12H16BrNO3S. The van der Waals surface area contributed by atoms with Gasteiger partial charge < -0.3 is 10.0 Å². The summed E-state index contributed by atoms with van der Waals surface area (Å²) in [6.07, 6.45) is 0. The highest BCUT2D eigenvalue weighted by Gasteiger charge is 2.30. The molecule has 0 fully saturated rings. The molecule has 0 spiro atoms. The highest BCUT2D eigenvalue weighted by atomic mass is 79.9. The second kappa shape index (κ2) is 5.40. The first-order valence-electron chi connectivity index (χ1n) is 5.42. The number of aryl methyl sites for hydroxylation is 1. The smallest absolute Gasteiger partial charge is 0.323 e. The second-order valence-corrected chi connectivity index (χ2v) is 7.39. The molecule has 0 saturated heterocycles. The summed E-state index contributed by atoms with van der Waals surface area (Å²) in [6, 6.07) is 1.78. The number of hydrogen-bond acceptors (Lipinski definition) is 3. The number of aliphatic carboxylic acids is 1. The molecule has 1 heterocycles. The van der Waals surface area contributed by atoms with E-state index in [2.05, 4.69) is 15.9 Å². The number of amides is 1. The van der Waals surface area contributed by atoms with Crippen molar-refractivity contribution in [2.75, 3.05) is 6.54 Å². The fraction of sp³-hybridized carbons (Fsp3) is 0.500. The fourth-order valence-corrected chi connectivity index (χ4v) is 2.93. The minimum Gasteiger partial charge on any atom is -0.480 e. The molecule has 1 aromatic rings. The minimum atomic E-state index is -1.01. The molecule has 1 rings (SSSR count). The number of carboxylic acids is 1. The van der Waals surface area contributed by atoms with Crippen molar-refractivity contribution in [3.63, 3.8) is 0 Å². The summed E-state index contributed by atoms with van der Waals surface area (Å²) in [5.74, 6) is -1.26. The topological polar surface area (TPSA) is 57.6 Å². The zero-order valence-corrected chi connectivity index (χ0v) is 13.2. The first-order chi connectivity index (χ1) is 8.12. The van der Waals surface area contributed by atoms with E-state index in [0.717, 1.165) is 9.35 Å². The van der Waals surface area contributed by atoms with Crippen molar-refractivity contribution >= 4 is 39.1 Å². The van der Waals surface area contributed by atoms with Crippen LogP contribution >= 0.6 is 27.3 Å². The maximum Gasteiger partial charge on any atom is 0.323 e. The molecule has 18 heavy (non-hydrogen) atoms. The van der Waals surface area contributed by atoms with Crippen LogP contribution in [0, 0.1) is 6.92 Å². The Bertz CT molecular complexity index is 457. The van der Waals surface area contributed by atoms with E-state index in [1.165, 1.54) is 16.2 Å². The molecular weight excluding hydrogens is 318 g/mol. The fourth-order valence-electron chi connectivity index (χ4n) is 1.45. The van der Waals surface area contributed by atoms with Crippen LogP contribution in [0.15, 0.2) is 9.85 Å². The predicted octanol–water partition coefficient (Wildman–Crippen LogP) is 3.14. The minimum absolute atomic E-state index is 0.247. The van der Waals surface area contributed by atoms with Crippen molar-refractivity contribution in [1.82, 2.24) is 4.90 Å². The molecule has 100 valence electrons. The van der Waals surface area contributed by atoms with Crippen LogP contribution in [0.2, 0.25) is 0 Å². The van der Waals surface area contributed by atoms with E-state index in [9.17, 15) is 9.59 Å². The summed E-state index contributed by atoms with van der Waals surface area (Å²) in [5.41, 5.74) is 0.451. The van der Waals surface area contributed by atoms with Crippen molar-refractivity contribution in [1.29, 1.82) is 0 Å². The largest absolute Gasteiger partial charge is 0.480 e. The van der Waals surface area contributed by atoms with Crippen molar-refractivity contribution in [2.24, 2.45) is 0 Å². The molecule has 4 nitrogen and oxygen atoms in total. The molecule has 1 N–H and O–H groups in total. The summed E-state index contributed by atoms with van der Waals surface area (Å²) >= 11 is 4.69. The molecule has 0 saturated carbocycles. The Morgan fingerprint density at radius 2 is 2.00 bits per heavy atom. The molecule has 1 aromatic heterocycles. The SMILES string of the molecule is Cc1cc(C(=O)N(CC(=O)O)C(C)(C)C)sc1Br. The Morgan fingerprint density at radius 1 is 1.44 bits per heavy atom. The average molecular weight is 334 g/mol. The average Bonchev–Trinajstić information content (AvgIpc) is 2.53. The van der Waals surface area contributed by atoms with Crippen LogP contribution in [0.1, 0.15) is 36.0 Å². The van der Waals surface area contributed by atoms with Crippen LogP contribution in [0.4, 0.5) is 0 Å². The molecule has 0 aromatic carbocycles. The summed E-state index contributed by atoms with van der Waals surface area (Å²) in [7, 11) is 0. The maximum atomic E-state index is 12.3. The number of thiophene rings is 1. The number of nitrogens with zero attached hydrogens (tertiary/aromatic N) is 1. The van der Waals surface area contributed by atoms with Crippen LogP contribution in [0.25, 0.3) is 0 Å². The summed E-state index contributed by atoms with van der Waals surface area (Å²) in [6.45, 7) is 7.07. The van der Waals surface area contributed by atoms with Gasteiger partial charge >= 0.3 is 5.97 Å². The van der Waals surface area contributed by atoms with Crippen LogP contribution in [-0.2, 0) is 4.79 Å². The molecule has 0 aliphatic carbocycles. The van der Waals surface area contributed by atoms with Crippen LogP contribution < -0.4 is 0 Å². The second-order valence-electron chi connectivity index (χ2n) is 5.02. The van der Waals surface area contributed by atoms with E-state index in [0.29, 0.717) is 4.88 Å². The van der Waals surface area contributed by atoms with Gasteiger partial charge in [0.05, 0.1) is 8.66 Å². The summed E-state index contributed by atoms with van der Waals surface area (Å²) < 4.78 is 0.898. The van der Waals surface area contributed by atoms with Gasteiger partial charge in [0.15, 0.2) is 0 Å². The monoisotopic (exact) mass is 333 g/mol. The Kier molecular flexibility index (Phi) is 4.55. The highest BCUT2D eigenvalue weighted by molar-refractivity contribution is 9.11. The van der Waals surface area contributed by atoms with Crippen molar-refractivity contribution in [2.45, 2.75) is 33.2 Å². The molecule has 0 unspecified atom stereocenters. The molecule has 0 atom stereocenters. The van der Waals surface area contributed by atoms with E-state index in [1.807, 2.05) is 27.7 Å². The summed E-state index contributed by atoms with van der Waals surface area (Å²) in [4.78, 5) is 25.1. The third kappa shape index (κ3) is 3.55. The highest BCUT2D eigenvalue weighted by Crippen LogP contribution is 2.29. The van der Waals surface area contributed by atoms with Gasteiger partial charge in [-0.15, -0.1) is 11.3 Å². The van der Waals surface area contributed by atoms with E-state index in [-0.39, 0.29) is 12.5 Å². The van der Waals surface area contributed by atoms with Gasteiger partial charge in [-0.1, -0.05) is 0 Å². The lowest BCUT2D eigenvalue weighted by molar-refractivity contribution is -0.138. The zero-order valence-electron chi connectivity index (χ0n) is 10.8. The molecule has 0 bridgehead atoms. The molecule has 0 aliphatic rings. The van der Waals surface area contributed by atoms with E-state index in [1.54, 1.807) is 6.07 Å². The van der Waals surface area contributed by atoms with Crippen molar-refractivity contribution in [3.8, 4) is 0 Å². The Labute approximate surface area is 119 Å². The molecule has 6 heteroatoms. The van der Waals surface area contributed by atoms with Gasteiger partial charge in [-0.3, -0.25) is 9.59 Å². The van der Waals surface area contributed by atoms with Crippen molar-refractivity contribution < 1.29 is 14.7 Å². The predicted molar refractivity (Wildman–Crippen MR) is 75.2 cm³/mol. The third-order valence-electron chi connectivity index (χ3n) is 2.42. The Balaban J connectivity index is 3.06. The Morgan fingerprint density at radius 3 is 2.33 bits per heavy atom. The van der Waals surface area contributed by atoms with Gasteiger partial charge in [-0.05, 0) is 55.3 Å². The number of carboxylic acid groups (broad SMARTS) is 1. The number of rotatable bonds is 3.